The number of fused-ring (bicyclic) bond motifs is 1. The van der Waals surface area contributed by atoms with Gasteiger partial charge in [-0.25, -0.2) is 9.59 Å². The second kappa shape index (κ2) is 9.16. The number of hydrogen-bond acceptors (Lipinski definition) is 5. The molecule has 2 heterocycles. The third kappa shape index (κ3) is 5.86. The van der Waals surface area contributed by atoms with Crippen LogP contribution in [-0.4, -0.2) is 75.7 Å². The Morgan fingerprint density at radius 3 is 2.32 bits per heavy atom. The fourth-order valence-electron chi connectivity index (χ4n) is 2.67. The van der Waals surface area contributed by atoms with Gasteiger partial charge in [-0.15, -0.1) is 0 Å². The molecule has 1 aromatic carbocycles. The van der Waals surface area contributed by atoms with Gasteiger partial charge in [0, 0.05) is 37.9 Å². The number of aliphatic hydroxyl groups is 1. The first-order valence-corrected chi connectivity index (χ1v) is 7.95. The molecule has 3 N–H and O–H groups in total. The van der Waals surface area contributed by atoms with E-state index in [9.17, 15) is 5.11 Å². The number of rotatable bonds is 4. The van der Waals surface area contributed by atoms with E-state index in [1.165, 1.54) is 10.9 Å². The fourth-order valence-corrected chi connectivity index (χ4v) is 2.67. The topological polar surface area (TPSA) is 112 Å². The highest BCUT2D eigenvalue weighted by molar-refractivity contribution is 6.27. The summed E-state index contributed by atoms with van der Waals surface area (Å²) in [5, 5.41) is 26.2. The first-order valence-electron chi connectivity index (χ1n) is 7.95. The molecule has 3 rings (SSSR count). The van der Waals surface area contributed by atoms with Gasteiger partial charge in [-0.1, -0.05) is 18.2 Å². The summed E-state index contributed by atoms with van der Waals surface area (Å²) in [7, 11) is 0. The van der Waals surface area contributed by atoms with E-state index in [1.807, 2.05) is 18.3 Å². The van der Waals surface area contributed by atoms with Gasteiger partial charge >= 0.3 is 11.9 Å². The lowest BCUT2D eigenvalue weighted by molar-refractivity contribution is -0.159. The molecule has 0 saturated carbocycles. The van der Waals surface area contributed by atoms with Crippen molar-refractivity contribution in [2.75, 3.05) is 32.8 Å². The van der Waals surface area contributed by atoms with Crippen LogP contribution in [0.25, 0.3) is 10.9 Å². The molecule has 8 nitrogen and oxygen atoms in total. The predicted octanol–water partition coefficient (Wildman–Crippen LogP) is 0.490. The van der Waals surface area contributed by atoms with Crippen LogP contribution in [0.5, 0.6) is 0 Å². The number of aliphatic hydroxyl groups excluding tert-OH is 1. The number of carboxylic acid groups (broad SMARTS) is 2. The average Bonchev–Trinajstić information content (AvgIpc) is 2.99. The number of carbonyl (C=O) groups is 2. The highest BCUT2D eigenvalue weighted by Crippen LogP contribution is 2.15. The second-order valence-electron chi connectivity index (χ2n) is 5.70. The summed E-state index contributed by atoms with van der Waals surface area (Å²) in [6.45, 7) is 4.76. The van der Waals surface area contributed by atoms with E-state index in [0.29, 0.717) is 6.54 Å². The lowest BCUT2D eigenvalue weighted by atomic mass is 10.2. The van der Waals surface area contributed by atoms with Crippen LogP contribution in [0.2, 0.25) is 0 Å². The maximum atomic E-state index is 10.2. The normalized spacial score (nSPS) is 16.0. The van der Waals surface area contributed by atoms with E-state index in [-0.39, 0.29) is 6.10 Å². The van der Waals surface area contributed by atoms with Gasteiger partial charge in [-0.2, -0.15) is 0 Å². The number of β-amino-alcohol motifs (C(OH)–C–C–N with tert-alkyl or cyclic N) is 1. The zero-order chi connectivity index (χ0) is 18.2. The monoisotopic (exact) mass is 350 g/mol. The van der Waals surface area contributed by atoms with Crippen molar-refractivity contribution in [1.29, 1.82) is 0 Å². The highest BCUT2D eigenvalue weighted by Gasteiger charge is 2.15. The number of ether oxygens (including phenoxy) is 1. The zero-order valence-electron chi connectivity index (χ0n) is 13.7. The van der Waals surface area contributed by atoms with Gasteiger partial charge in [0.2, 0.25) is 0 Å². The minimum atomic E-state index is -1.82. The van der Waals surface area contributed by atoms with Crippen LogP contribution in [0.4, 0.5) is 0 Å². The van der Waals surface area contributed by atoms with Gasteiger partial charge in [0.15, 0.2) is 0 Å². The first-order chi connectivity index (χ1) is 12.0. The quantitative estimate of drug-likeness (QED) is 0.688. The molecule has 0 amide bonds. The van der Waals surface area contributed by atoms with E-state index in [0.717, 1.165) is 32.8 Å². The van der Waals surface area contributed by atoms with Crippen LogP contribution in [0.3, 0.4) is 0 Å². The molecule has 1 aliphatic heterocycles. The maximum absolute atomic E-state index is 10.2. The molecule has 1 saturated heterocycles. The van der Waals surface area contributed by atoms with Crippen LogP contribution in [0.15, 0.2) is 36.5 Å². The van der Waals surface area contributed by atoms with Gasteiger partial charge in [0.1, 0.15) is 0 Å². The van der Waals surface area contributed by atoms with E-state index in [1.54, 1.807) is 0 Å². The number of para-hydroxylation sites is 1. The van der Waals surface area contributed by atoms with Gasteiger partial charge in [-0.05, 0) is 17.5 Å². The van der Waals surface area contributed by atoms with Crippen molar-refractivity contribution in [2.45, 2.75) is 12.6 Å². The number of hydrogen-bond donors (Lipinski definition) is 3. The standard InChI is InChI=1S/C15H20N2O2.C2H2O4/c18-14(11-16-7-9-19-10-8-16)12-17-6-5-13-3-1-2-4-15(13)17;3-1(4)2(5)6/h1-6,14,18H,7-12H2;(H,3,4)(H,5,6). The number of aromatic nitrogens is 1. The van der Waals surface area contributed by atoms with Gasteiger partial charge in [0.05, 0.1) is 19.3 Å². The third-order valence-corrected chi connectivity index (χ3v) is 3.84. The molecule has 1 atom stereocenters. The molecule has 1 fully saturated rings. The van der Waals surface area contributed by atoms with Gasteiger partial charge in [-0.3, -0.25) is 4.90 Å². The molecular weight excluding hydrogens is 328 g/mol. The van der Waals surface area contributed by atoms with E-state index in [4.69, 9.17) is 24.5 Å². The van der Waals surface area contributed by atoms with Gasteiger partial charge in [0.25, 0.3) is 0 Å². The van der Waals surface area contributed by atoms with Crippen LogP contribution in [0.1, 0.15) is 0 Å². The Hall–Kier alpha value is -2.42. The molecule has 1 aromatic heterocycles. The van der Waals surface area contributed by atoms with Crippen molar-refractivity contribution in [3.8, 4) is 0 Å². The van der Waals surface area contributed by atoms with Crippen LogP contribution in [-0.2, 0) is 20.9 Å². The Bertz CT molecular complexity index is 696. The molecule has 1 unspecified atom stereocenters. The summed E-state index contributed by atoms with van der Waals surface area (Å²) >= 11 is 0. The molecule has 25 heavy (non-hydrogen) atoms. The molecule has 0 spiro atoms. The Morgan fingerprint density at radius 2 is 1.68 bits per heavy atom. The molecule has 0 bridgehead atoms. The van der Waals surface area contributed by atoms with Crippen molar-refractivity contribution < 1.29 is 29.6 Å². The SMILES string of the molecule is O=C(O)C(=O)O.OC(CN1CCOCC1)Cn1ccc2ccccc21. The molecular formula is C17H22N2O6. The van der Waals surface area contributed by atoms with E-state index >= 15 is 0 Å². The van der Waals surface area contributed by atoms with Crippen molar-refractivity contribution in [1.82, 2.24) is 9.47 Å². The number of aliphatic carboxylic acids is 2. The molecule has 0 aliphatic carbocycles. The summed E-state index contributed by atoms with van der Waals surface area (Å²) in [5.74, 6) is -3.65. The average molecular weight is 350 g/mol. The van der Waals surface area contributed by atoms with Crippen molar-refractivity contribution in [3.05, 3.63) is 36.5 Å². The number of carboxylic acids is 2. The van der Waals surface area contributed by atoms with Crippen molar-refractivity contribution >= 4 is 22.8 Å². The largest absolute Gasteiger partial charge is 0.473 e. The molecule has 136 valence electrons. The molecule has 0 radical (unpaired) electrons. The maximum Gasteiger partial charge on any atom is 0.414 e. The van der Waals surface area contributed by atoms with E-state index < -0.39 is 11.9 Å². The minimum Gasteiger partial charge on any atom is -0.473 e. The summed E-state index contributed by atoms with van der Waals surface area (Å²) in [4.78, 5) is 20.5. The highest BCUT2D eigenvalue weighted by atomic mass is 16.5. The number of benzene rings is 1. The van der Waals surface area contributed by atoms with Crippen molar-refractivity contribution in [2.24, 2.45) is 0 Å². The Kier molecular flexibility index (Phi) is 6.93. The van der Waals surface area contributed by atoms with Crippen LogP contribution < -0.4 is 0 Å². The Morgan fingerprint density at radius 1 is 1.04 bits per heavy atom. The molecule has 2 aromatic rings. The smallest absolute Gasteiger partial charge is 0.414 e. The van der Waals surface area contributed by atoms with E-state index in [2.05, 4.69) is 27.7 Å². The fraction of sp³-hybridized carbons (Fsp3) is 0.412. The lowest BCUT2D eigenvalue weighted by Crippen LogP contribution is -2.41. The Balaban J connectivity index is 0.000000326. The van der Waals surface area contributed by atoms with Gasteiger partial charge < -0.3 is 24.6 Å². The Labute approximate surface area is 144 Å². The van der Waals surface area contributed by atoms with Crippen LogP contribution >= 0.6 is 0 Å². The summed E-state index contributed by atoms with van der Waals surface area (Å²) in [5.41, 5.74) is 1.18. The summed E-state index contributed by atoms with van der Waals surface area (Å²) < 4.78 is 7.44. The van der Waals surface area contributed by atoms with Crippen molar-refractivity contribution in [3.63, 3.8) is 0 Å². The lowest BCUT2D eigenvalue weighted by Gasteiger charge is -2.28. The zero-order valence-corrected chi connectivity index (χ0v) is 13.7. The third-order valence-electron chi connectivity index (χ3n) is 3.84. The minimum absolute atomic E-state index is 0.339. The first kappa shape index (κ1) is 18.9. The molecule has 1 aliphatic rings. The number of morpholine rings is 1. The summed E-state index contributed by atoms with van der Waals surface area (Å²) in [6, 6.07) is 10.4. The summed E-state index contributed by atoms with van der Waals surface area (Å²) in [6.07, 6.45) is 1.71. The molecule has 8 heteroatoms. The number of nitrogens with zero attached hydrogens (tertiary/aromatic N) is 2. The second-order valence-corrected chi connectivity index (χ2v) is 5.70. The van der Waals surface area contributed by atoms with Crippen LogP contribution in [0, 0.1) is 0 Å². The predicted molar refractivity (Wildman–Crippen MR) is 90.5 cm³/mol.